The lowest BCUT2D eigenvalue weighted by atomic mass is 9.91. The van der Waals surface area contributed by atoms with E-state index in [1.54, 1.807) is 13.0 Å². The maximum absolute atomic E-state index is 13.2. The van der Waals surface area contributed by atoms with Gasteiger partial charge in [0, 0.05) is 24.6 Å². The first-order valence-electron chi connectivity index (χ1n) is 7.51. The van der Waals surface area contributed by atoms with E-state index in [0.717, 1.165) is 11.6 Å². The number of sulfonamides is 1. The Hall–Kier alpha value is -2.25. The number of benzene rings is 2. The monoisotopic (exact) mass is 348 g/mol. The number of halogens is 1. The topological polar surface area (TPSA) is 75.3 Å². The second kappa shape index (κ2) is 6.33. The van der Waals surface area contributed by atoms with Crippen molar-refractivity contribution in [3.8, 4) is 0 Å². The molecule has 5 nitrogen and oxygen atoms in total. The highest BCUT2D eigenvalue weighted by molar-refractivity contribution is 7.89. The molecular formula is C17H17FN2O3S. The van der Waals surface area contributed by atoms with Gasteiger partial charge < -0.3 is 5.32 Å². The SMILES string of the molecule is Cc1cc(F)ccc1S(=O)(=O)NC[C@@H]1CC(=O)Nc2ccccc21. The first-order valence-corrected chi connectivity index (χ1v) is 9.00. The third kappa shape index (κ3) is 3.32. The fraction of sp³-hybridized carbons (Fsp3) is 0.235. The van der Waals surface area contributed by atoms with E-state index in [2.05, 4.69) is 10.0 Å². The van der Waals surface area contributed by atoms with Crippen LogP contribution in [0.2, 0.25) is 0 Å². The number of amides is 1. The van der Waals surface area contributed by atoms with Crippen LogP contribution in [0.15, 0.2) is 47.4 Å². The lowest BCUT2D eigenvalue weighted by molar-refractivity contribution is -0.116. The fourth-order valence-electron chi connectivity index (χ4n) is 2.89. The summed E-state index contributed by atoms with van der Waals surface area (Å²) in [6, 6.07) is 10.9. The molecule has 126 valence electrons. The van der Waals surface area contributed by atoms with E-state index in [0.29, 0.717) is 11.3 Å². The number of para-hydroxylation sites is 1. The second-order valence-corrected chi connectivity index (χ2v) is 7.53. The van der Waals surface area contributed by atoms with Gasteiger partial charge in [0.2, 0.25) is 15.9 Å². The average molecular weight is 348 g/mol. The van der Waals surface area contributed by atoms with Crippen LogP contribution in [0.3, 0.4) is 0 Å². The van der Waals surface area contributed by atoms with Crippen LogP contribution >= 0.6 is 0 Å². The van der Waals surface area contributed by atoms with Crippen LogP contribution in [-0.2, 0) is 14.8 Å². The van der Waals surface area contributed by atoms with Crippen LogP contribution in [0.25, 0.3) is 0 Å². The van der Waals surface area contributed by atoms with Gasteiger partial charge in [0.15, 0.2) is 0 Å². The summed E-state index contributed by atoms with van der Waals surface area (Å²) >= 11 is 0. The van der Waals surface area contributed by atoms with Gasteiger partial charge in [0.1, 0.15) is 5.82 Å². The Morgan fingerprint density at radius 2 is 2.00 bits per heavy atom. The smallest absolute Gasteiger partial charge is 0.240 e. The Balaban J connectivity index is 1.81. The summed E-state index contributed by atoms with van der Waals surface area (Å²) in [7, 11) is -3.78. The third-order valence-corrected chi connectivity index (χ3v) is 5.64. The molecule has 2 aromatic rings. The zero-order valence-electron chi connectivity index (χ0n) is 13.0. The standard InChI is InChI=1S/C17H17FN2O3S/c1-11-8-13(18)6-7-16(11)24(22,23)19-10-12-9-17(21)20-15-5-3-2-4-14(12)15/h2-8,12,19H,9-10H2,1H3,(H,20,21)/t12-/m0/s1. The quantitative estimate of drug-likeness (QED) is 0.892. The maximum atomic E-state index is 13.2. The normalized spacial score (nSPS) is 17.2. The van der Waals surface area contributed by atoms with Gasteiger partial charge in [-0.15, -0.1) is 0 Å². The number of hydrogen-bond acceptors (Lipinski definition) is 3. The zero-order chi connectivity index (χ0) is 17.3. The molecule has 0 saturated carbocycles. The van der Waals surface area contributed by atoms with Crippen molar-refractivity contribution in [2.45, 2.75) is 24.2 Å². The summed E-state index contributed by atoms with van der Waals surface area (Å²) in [5.41, 5.74) is 1.94. The Morgan fingerprint density at radius 3 is 2.75 bits per heavy atom. The maximum Gasteiger partial charge on any atom is 0.240 e. The molecule has 0 fully saturated rings. The van der Waals surface area contributed by atoms with Gasteiger partial charge in [-0.25, -0.2) is 17.5 Å². The molecule has 1 heterocycles. The highest BCUT2D eigenvalue weighted by Gasteiger charge is 2.27. The molecule has 7 heteroatoms. The molecule has 1 atom stereocenters. The molecule has 0 bridgehead atoms. The molecule has 0 unspecified atom stereocenters. The predicted octanol–water partition coefficient (Wildman–Crippen LogP) is 2.54. The highest BCUT2D eigenvalue weighted by Crippen LogP contribution is 2.31. The largest absolute Gasteiger partial charge is 0.326 e. The van der Waals surface area contributed by atoms with Crippen molar-refractivity contribution < 1.29 is 17.6 Å². The number of fused-ring (bicyclic) bond motifs is 1. The van der Waals surface area contributed by atoms with Gasteiger partial charge in [-0.2, -0.15) is 0 Å². The van der Waals surface area contributed by atoms with Gasteiger partial charge >= 0.3 is 0 Å². The molecular weight excluding hydrogens is 331 g/mol. The summed E-state index contributed by atoms with van der Waals surface area (Å²) in [4.78, 5) is 11.8. The van der Waals surface area contributed by atoms with Crippen LogP contribution in [-0.4, -0.2) is 20.9 Å². The van der Waals surface area contributed by atoms with E-state index in [1.807, 2.05) is 18.2 Å². The summed E-state index contributed by atoms with van der Waals surface area (Å²) in [6.07, 6.45) is 0.210. The summed E-state index contributed by atoms with van der Waals surface area (Å²) < 4.78 is 40.6. The molecule has 2 N–H and O–H groups in total. The molecule has 0 radical (unpaired) electrons. The molecule has 0 aliphatic carbocycles. The van der Waals surface area contributed by atoms with Crippen LogP contribution in [0.4, 0.5) is 10.1 Å². The van der Waals surface area contributed by atoms with Crippen molar-refractivity contribution in [3.05, 3.63) is 59.4 Å². The number of nitrogens with one attached hydrogen (secondary N) is 2. The van der Waals surface area contributed by atoms with E-state index in [1.165, 1.54) is 12.1 Å². The molecule has 1 amide bonds. The van der Waals surface area contributed by atoms with Gasteiger partial charge in [-0.05, 0) is 42.3 Å². The van der Waals surface area contributed by atoms with Crippen molar-refractivity contribution in [1.82, 2.24) is 4.72 Å². The average Bonchev–Trinajstić information content (AvgIpc) is 2.52. The first-order chi connectivity index (χ1) is 11.4. The summed E-state index contributed by atoms with van der Waals surface area (Å²) in [5, 5.41) is 2.78. The fourth-order valence-corrected chi connectivity index (χ4v) is 4.19. The van der Waals surface area contributed by atoms with Gasteiger partial charge in [-0.1, -0.05) is 18.2 Å². The number of carbonyl (C=O) groups excluding carboxylic acids is 1. The Kier molecular flexibility index (Phi) is 4.38. The minimum absolute atomic E-state index is 0.0393. The van der Waals surface area contributed by atoms with E-state index >= 15 is 0 Å². The van der Waals surface area contributed by atoms with Gasteiger partial charge in [-0.3, -0.25) is 4.79 Å². The van der Waals surface area contributed by atoms with Crippen LogP contribution in [0, 0.1) is 12.7 Å². The lowest BCUT2D eigenvalue weighted by Gasteiger charge is -2.25. The Morgan fingerprint density at radius 1 is 1.25 bits per heavy atom. The Labute approximate surface area is 139 Å². The summed E-state index contributed by atoms with van der Waals surface area (Å²) in [6.45, 7) is 1.64. The number of aryl methyl sites for hydroxylation is 1. The molecule has 2 aromatic carbocycles. The molecule has 1 aliphatic heterocycles. The van der Waals surface area contributed by atoms with Crippen molar-refractivity contribution in [1.29, 1.82) is 0 Å². The van der Waals surface area contributed by atoms with E-state index in [-0.39, 0.29) is 29.7 Å². The van der Waals surface area contributed by atoms with Crippen molar-refractivity contribution in [2.24, 2.45) is 0 Å². The van der Waals surface area contributed by atoms with Gasteiger partial charge in [0.05, 0.1) is 4.90 Å². The molecule has 1 aliphatic rings. The van der Waals surface area contributed by atoms with Crippen molar-refractivity contribution in [3.63, 3.8) is 0 Å². The van der Waals surface area contributed by atoms with E-state index in [4.69, 9.17) is 0 Å². The number of hydrogen-bond donors (Lipinski definition) is 2. The van der Waals surface area contributed by atoms with E-state index in [9.17, 15) is 17.6 Å². The van der Waals surface area contributed by atoms with Crippen molar-refractivity contribution in [2.75, 3.05) is 11.9 Å². The second-order valence-electron chi connectivity index (χ2n) is 5.80. The van der Waals surface area contributed by atoms with Gasteiger partial charge in [0.25, 0.3) is 0 Å². The molecule has 0 saturated heterocycles. The molecule has 24 heavy (non-hydrogen) atoms. The van der Waals surface area contributed by atoms with Crippen LogP contribution in [0.5, 0.6) is 0 Å². The minimum atomic E-state index is -3.78. The summed E-state index contributed by atoms with van der Waals surface area (Å²) in [5.74, 6) is -0.870. The molecule has 0 spiro atoms. The number of anilines is 1. The Bertz CT molecular complexity index is 896. The van der Waals surface area contributed by atoms with E-state index < -0.39 is 15.8 Å². The number of rotatable bonds is 4. The first kappa shape index (κ1) is 16.6. The lowest BCUT2D eigenvalue weighted by Crippen LogP contribution is -2.33. The predicted molar refractivity (Wildman–Crippen MR) is 88.8 cm³/mol. The van der Waals surface area contributed by atoms with Crippen LogP contribution < -0.4 is 10.0 Å². The third-order valence-electron chi connectivity index (χ3n) is 4.05. The molecule has 0 aromatic heterocycles. The highest BCUT2D eigenvalue weighted by atomic mass is 32.2. The minimum Gasteiger partial charge on any atom is -0.326 e. The molecule has 3 rings (SSSR count). The number of carbonyl (C=O) groups is 1. The van der Waals surface area contributed by atoms with Crippen molar-refractivity contribution >= 4 is 21.6 Å². The zero-order valence-corrected chi connectivity index (χ0v) is 13.9. The van der Waals surface area contributed by atoms with Crippen LogP contribution in [0.1, 0.15) is 23.5 Å².